The molecule has 160 valence electrons. The molecule has 1 fully saturated rings. The molecular weight excluding hydrogens is 416 g/mol. The second-order valence-electron chi connectivity index (χ2n) is 7.70. The summed E-state index contributed by atoms with van der Waals surface area (Å²) in [7, 11) is 0. The molecule has 1 unspecified atom stereocenters. The van der Waals surface area contributed by atoms with Crippen molar-refractivity contribution in [3.05, 3.63) is 70.5 Å². The number of rotatable bonds is 4. The zero-order chi connectivity index (χ0) is 22.0. The van der Waals surface area contributed by atoms with Gasteiger partial charge in [0.2, 0.25) is 5.91 Å². The molecule has 0 radical (unpaired) electrons. The number of benzene rings is 2. The summed E-state index contributed by atoms with van der Waals surface area (Å²) < 4.78 is 5.35. The molecule has 1 aliphatic rings. The van der Waals surface area contributed by atoms with Crippen LogP contribution >= 0.6 is 11.6 Å². The fourth-order valence-corrected chi connectivity index (χ4v) is 3.87. The monoisotopic (exact) mass is 438 g/mol. The highest BCUT2D eigenvalue weighted by Gasteiger charge is 2.30. The Labute approximate surface area is 185 Å². The van der Waals surface area contributed by atoms with Gasteiger partial charge in [-0.05, 0) is 49.7 Å². The van der Waals surface area contributed by atoms with E-state index in [4.69, 9.17) is 16.1 Å². The van der Waals surface area contributed by atoms with Crippen molar-refractivity contribution in [2.45, 2.75) is 26.3 Å². The van der Waals surface area contributed by atoms with Crippen molar-refractivity contribution in [1.29, 1.82) is 0 Å². The maximum atomic E-state index is 12.8. The Kier molecular flexibility index (Phi) is 6.04. The summed E-state index contributed by atoms with van der Waals surface area (Å²) in [5.41, 5.74) is 2.47. The van der Waals surface area contributed by atoms with Crippen molar-refractivity contribution in [1.82, 2.24) is 19.9 Å². The van der Waals surface area contributed by atoms with Gasteiger partial charge < -0.3 is 14.3 Å². The fourth-order valence-electron chi connectivity index (χ4n) is 3.74. The summed E-state index contributed by atoms with van der Waals surface area (Å²) >= 11 is 5.91. The second-order valence-corrected chi connectivity index (χ2v) is 8.14. The topological polar surface area (TPSA) is 79.5 Å². The highest BCUT2D eigenvalue weighted by Crippen LogP contribution is 2.21. The van der Waals surface area contributed by atoms with Crippen LogP contribution < -0.4 is 0 Å². The standard InChI is InChI=1S/C23H23ClN4O3/c1-15-5-3-4-6-19(15)22-25-20(26-31-22)13-21(29)27-11-12-28(16(2)14-27)23(30)17-7-9-18(24)10-8-17/h3-10,16H,11-14H2,1-2H3. The van der Waals surface area contributed by atoms with E-state index in [0.29, 0.717) is 41.9 Å². The Morgan fingerprint density at radius 2 is 1.87 bits per heavy atom. The maximum Gasteiger partial charge on any atom is 0.258 e. The third-order valence-electron chi connectivity index (χ3n) is 5.49. The minimum Gasteiger partial charge on any atom is -0.338 e. The molecule has 0 N–H and O–H groups in total. The molecule has 2 aromatic carbocycles. The number of halogens is 1. The number of carbonyl (C=O) groups is 2. The van der Waals surface area contributed by atoms with Crippen LogP contribution in [0.15, 0.2) is 53.1 Å². The zero-order valence-electron chi connectivity index (χ0n) is 17.4. The summed E-state index contributed by atoms with van der Waals surface area (Å²) in [6.07, 6.45) is 0.0627. The van der Waals surface area contributed by atoms with Crippen LogP contribution in [0.25, 0.3) is 11.5 Å². The Hall–Kier alpha value is -3.19. The van der Waals surface area contributed by atoms with Gasteiger partial charge >= 0.3 is 0 Å². The van der Waals surface area contributed by atoms with Crippen LogP contribution in [0.3, 0.4) is 0 Å². The van der Waals surface area contributed by atoms with Crippen molar-refractivity contribution >= 4 is 23.4 Å². The van der Waals surface area contributed by atoms with Crippen LogP contribution in [0.2, 0.25) is 5.02 Å². The molecule has 31 heavy (non-hydrogen) atoms. The third kappa shape index (κ3) is 4.61. The van der Waals surface area contributed by atoms with Crippen molar-refractivity contribution in [3.8, 4) is 11.5 Å². The van der Waals surface area contributed by atoms with Crippen LogP contribution in [-0.4, -0.2) is 57.4 Å². The van der Waals surface area contributed by atoms with Gasteiger partial charge in [-0.2, -0.15) is 4.98 Å². The molecule has 8 heteroatoms. The molecule has 0 saturated carbocycles. The smallest absolute Gasteiger partial charge is 0.258 e. The number of hydrogen-bond acceptors (Lipinski definition) is 5. The van der Waals surface area contributed by atoms with E-state index in [1.807, 2.05) is 38.1 Å². The van der Waals surface area contributed by atoms with Crippen LogP contribution in [0.4, 0.5) is 0 Å². The number of aryl methyl sites for hydroxylation is 1. The Morgan fingerprint density at radius 1 is 1.13 bits per heavy atom. The van der Waals surface area contributed by atoms with E-state index in [0.717, 1.165) is 11.1 Å². The van der Waals surface area contributed by atoms with Crippen LogP contribution in [0, 0.1) is 6.92 Å². The normalized spacial score (nSPS) is 16.4. The number of nitrogens with zero attached hydrogens (tertiary/aromatic N) is 4. The lowest BCUT2D eigenvalue weighted by molar-refractivity contribution is -0.133. The Balaban J connectivity index is 1.37. The average molecular weight is 439 g/mol. The van der Waals surface area contributed by atoms with Gasteiger partial charge in [0.15, 0.2) is 5.82 Å². The highest BCUT2D eigenvalue weighted by molar-refractivity contribution is 6.30. The van der Waals surface area contributed by atoms with Gasteiger partial charge in [-0.1, -0.05) is 35.0 Å². The molecule has 1 saturated heterocycles. The molecule has 3 aromatic rings. The first kappa shape index (κ1) is 21.1. The Morgan fingerprint density at radius 3 is 2.58 bits per heavy atom. The van der Waals surface area contributed by atoms with Crippen molar-refractivity contribution in [3.63, 3.8) is 0 Å². The van der Waals surface area contributed by atoms with Gasteiger partial charge in [0.05, 0.1) is 6.42 Å². The molecule has 1 aliphatic heterocycles. The zero-order valence-corrected chi connectivity index (χ0v) is 18.2. The first-order valence-electron chi connectivity index (χ1n) is 10.2. The molecule has 7 nitrogen and oxygen atoms in total. The first-order chi connectivity index (χ1) is 14.9. The van der Waals surface area contributed by atoms with Gasteiger partial charge in [0.1, 0.15) is 0 Å². The molecule has 0 bridgehead atoms. The molecular formula is C23H23ClN4O3. The summed E-state index contributed by atoms with van der Waals surface area (Å²) in [5.74, 6) is 0.628. The molecule has 0 aliphatic carbocycles. The third-order valence-corrected chi connectivity index (χ3v) is 5.74. The van der Waals surface area contributed by atoms with E-state index in [-0.39, 0.29) is 24.3 Å². The van der Waals surface area contributed by atoms with E-state index in [9.17, 15) is 9.59 Å². The summed E-state index contributed by atoms with van der Waals surface area (Å²) in [6.45, 7) is 5.30. The van der Waals surface area contributed by atoms with Crippen LogP contribution in [0.5, 0.6) is 0 Å². The number of amides is 2. The van der Waals surface area contributed by atoms with Crippen molar-refractivity contribution < 1.29 is 14.1 Å². The van der Waals surface area contributed by atoms with E-state index >= 15 is 0 Å². The van der Waals surface area contributed by atoms with Gasteiger partial charge in [0.25, 0.3) is 11.8 Å². The molecule has 2 heterocycles. The van der Waals surface area contributed by atoms with E-state index < -0.39 is 0 Å². The summed E-state index contributed by atoms with van der Waals surface area (Å²) in [4.78, 5) is 33.5. The first-order valence-corrected chi connectivity index (χ1v) is 10.5. The largest absolute Gasteiger partial charge is 0.338 e. The second kappa shape index (κ2) is 8.89. The molecule has 1 atom stereocenters. The van der Waals surface area contributed by atoms with Gasteiger partial charge in [-0.25, -0.2) is 0 Å². The average Bonchev–Trinajstić information content (AvgIpc) is 3.22. The summed E-state index contributed by atoms with van der Waals surface area (Å²) in [6, 6.07) is 14.5. The highest BCUT2D eigenvalue weighted by atomic mass is 35.5. The lowest BCUT2D eigenvalue weighted by Gasteiger charge is -2.39. The molecule has 0 spiro atoms. The SMILES string of the molecule is Cc1ccccc1-c1nc(CC(=O)N2CCN(C(=O)c3ccc(Cl)cc3)C(C)C2)no1. The maximum absolute atomic E-state index is 12.8. The summed E-state index contributed by atoms with van der Waals surface area (Å²) in [5, 5.41) is 4.56. The Bertz CT molecular complexity index is 1100. The van der Waals surface area contributed by atoms with Crippen molar-refractivity contribution in [2.75, 3.05) is 19.6 Å². The number of piperazine rings is 1. The predicted molar refractivity (Wildman–Crippen MR) is 117 cm³/mol. The lowest BCUT2D eigenvalue weighted by Crippen LogP contribution is -2.55. The van der Waals surface area contributed by atoms with Crippen LogP contribution in [-0.2, 0) is 11.2 Å². The van der Waals surface area contributed by atoms with Gasteiger partial charge in [-0.15, -0.1) is 0 Å². The van der Waals surface area contributed by atoms with E-state index in [1.54, 1.807) is 34.1 Å². The van der Waals surface area contributed by atoms with E-state index in [1.165, 1.54) is 0 Å². The predicted octanol–water partition coefficient (Wildman–Crippen LogP) is 3.61. The lowest BCUT2D eigenvalue weighted by atomic mass is 10.1. The minimum absolute atomic E-state index is 0.0580. The molecule has 2 amide bonds. The van der Waals surface area contributed by atoms with Crippen molar-refractivity contribution in [2.24, 2.45) is 0 Å². The van der Waals surface area contributed by atoms with Gasteiger partial charge in [-0.3, -0.25) is 9.59 Å². The molecule has 4 rings (SSSR count). The number of hydrogen-bond donors (Lipinski definition) is 0. The fraction of sp³-hybridized carbons (Fsp3) is 0.304. The van der Waals surface area contributed by atoms with E-state index in [2.05, 4.69) is 10.1 Å². The number of aromatic nitrogens is 2. The molecule has 1 aromatic heterocycles. The minimum atomic E-state index is -0.103. The number of carbonyl (C=O) groups excluding carboxylic acids is 2. The van der Waals surface area contributed by atoms with Crippen LogP contribution in [0.1, 0.15) is 28.7 Å². The quantitative estimate of drug-likeness (QED) is 0.621. The van der Waals surface area contributed by atoms with Gasteiger partial charge in [0, 0.05) is 41.8 Å².